The van der Waals surface area contributed by atoms with E-state index < -0.39 is 0 Å². The molecule has 0 aliphatic rings. The minimum absolute atomic E-state index is 0.0187. The van der Waals surface area contributed by atoms with Crippen LogP contribution in [0.1, 0.15) is 25.0 Å². The Morgan fingerprint density at radius 2 is 2.13 bits per heavy atom. The van der Waals surface area contributed by atoms with Gasteiger partial charge in [0.25, 0.3) is 0 Å². The van der Waals surface area contributed by atoms with Crippen LogP contribution >= 0.6 is 0 Å². The van der Waals surface area contributed by atoms with Crippen LogP contribution in [0, 0.1) is 5.41 Å². The third-order valence-electron chi connectivity index (χ3n) is 3.13. The number of nitrogens with two attached hydrogens (primary N) is 1. The summed E-state index contributed by atoms with van der Waals surface area (Å²) in [5.41, 5.74) is 8.14. The summed E-state index contributed by atoms with van der Waals surface area (Å²) in [7, 11) is 0. The van der Waals surface area contributed by atoms with Gasteiger partial charge in [-0.3, -0.25) is 5.41 Å². The molecule has 0 spiro atoms. The molecular formula is C17H22N4O2. The smallest absolute Gasteiger partial charge is 0.126 e. The molecule has 6 heteroatoms. The molecule has 0 aliphatic carbocycles. The number of nitrogen functional groups attached to an aromatic ring is 1. The Kier molecular flexibility index (Phi) is 5.54. The van der Waals surface area contributed by atoms with Gasteiger partial charge in [0.15, 0.2) is 0 Å². The molecular weight excluding hydrogens is 292 g/mol. The Morgan fingerprint density at radius 3 is 2.83 bits per heavy atom. The summed E-state index contributed by atoms with van der Waals surface area (Å²) >= 11 is 0. The number of aromatic nitrogens is 1. The summed E-state index contributed by atoms with van der Waals surface area (Å²) in [5.74, 6) is 1.29. The van der Waals surface area contributed by atoms with Crippen molar-refractivity contribution in [2.45, 2.75) is 20.0 Å². The number of benzene rings is 1. The predicted octanol–water partition coefficient (Wildman–Crippen LogP) is 2.27. The maximum atomic E-state index is 8.86. The SMILES string of the molecule is CC(C)Oc1ccc(N)c(C(=N)c2ccnc(NCCO)c2)c1. The van der Waals surface area contributed by atoms with E-state index in [1.807, 2.05) is 13.8 Å². The molecule has 0 amide bonds. The van der Waals surface area contributed by atoms with Gasteiger partial charge in [0.2, 0.25) is 0 Å². The summed E-state index contributed by atoms with van der Waals surface area (Å²) < 4.78 is 5.67. The number of aliphatic hydroxyl groups excluding tert-OH is 1. The van der Waals surface area contributed by atoms with E-state index in [0.29, 0.717) is 40.6 Å². The highest BCUT2D eigenvalue weighted by atomic mass is 16.5. The number of hydrogen-bond donors (Lipinski definition) is 4. The maximum absolute atomic E-state index is 8.86. The molecule has 0 atom stereocenters. The highest BCUT2D eigenvalue weighted by molar-refractivity contribution is 6.14. The molecule has 0 saturated carbocycles. The molecule has 2 aromatic rings. The fourth-order valence-electron chi connectivity index (χ4n) is 2.12. The number of aliphatic hydroxyl groups is 1. The first kappa shape index (κ1) is 16.8. The van der Waals surface area contributed by atoms with Crippen molar-refractivity contribution >= 4 is 17.2 Å². The summed E-state index contributed by atoms with van der Waals surface area (Å²) in [6.45, 7) is 4.32. The molecule has 2 rings (SSSR count). The lowest BCUT2D eigenvalue weighted by atomic mass is 10.0. The Bertz CT molecular complexity index is 686. The minimum Gasteiger partial charge on any atom is -0.491 e. The van der Waals surface area contributed by atoms with Crippen molar-refractivity contribution in [3.63, 3.8) is 0 Å². The highest BCUT2D eigenvalue weighted by Gasteiger charge is 2.11. The van der Waals surface area contributed by atoms with Gasteiger partial charge in [0.05, 0.1) is 18.4 Å². The summed E-state index contributed by atoms with van der Waals surface area (Å²) in [6, 6.07) is 8.83. The van der Waals surface area contributed by atoms with Crippen molar-refractivity contribution in [3.05, 3.63) is 47.7 Å². The van der Waals surface area contributed by atoms with Gasteiger partial charge in [-0.2, -0.15) is 0 Å². The number of pyridine rings is 1. The van der Waals surface area contributed by atoms with E-state index in [-0.39, 0.29) is 12.7 Å². The Labute approximate surface area is 135 Å². The van der Waals surface area contributed by atoms with Crippen molar-refractivity contribution in [2.75, 3.05) is 24.2 Å². The van der Waals surface area contributed by atoms with Crippen molar-refractivity contribution in [1.82, 2.24) is 4.98 Å². The second kappa shape index (κ2) is 7.60. The van der Waals surface area contributed by atoms with Gasteiger partial charge in [0, 0.05) is 29.6 Å². The van der Waals surface area contributed by atoms with Crippen molar-refractivity contribution in [3.8, 4) is 5.75 Å². The third kappa shape index (κ3) is 4.43. The van der Waals surface area contributed by atoms with E-state index in [4.69, 9.17) is 21.0 Å². The number of hydrogen-bond acceptors (Lipinski definition) is 6. The molecule has 6 nitrogen and oxygen atoms in total. The number of nitrogens with zero attached hydrogens (tertiary/aromatic N) is 1. The summed E-state index contributed by atoms with van der Waals surface area (Å²) in [4.78, 5) is 4.16. The fourth-order valence-corrected chi connectivity index (χ4v) is 2.12. The number of anilines is 2. The van der Waals surface area contributed by atoms with Crippen molar-refractivity contribution in [2.24, 2.45) is 0 Å². The number of rotatable bonds is 7. The first-order valence-corrected chi connectivity index (χ1v) is 7.47. The molecule has 1 heterocycles. The predicted molar refractivity (Wildman–Crippen MR) is 92.4 cm³/mol. The zero-order chi connectivity index (χ0) is 16.8. The molecule has 122 valence electrons. The lowest BCUT2D eigenvalue weighted by molar-refractivity contribution is 0.242. The second-order valence-corrected chi connectivity index (χ2v) is 5.37. The first-order chi connectivity index (χ1) is 11.0. The fraction of sp³-hybridized carbons (Fsp3) is 0.294. The maximum Gasteiger partial charge on any atom is 0.126 e. The van der Waals surface area contributed by atoms with Gasteiger partial charge in [-0.15, -0.1) is 0 Å². The topological polar surface area (TPSA) is 104 Å². The quantitative estimate of drug-likeness (QED) is 0.463. The Hall–Kier alpha value is -2.60. The molecule has 0 aliphatic heterocycles. The van der Waals surface area contributed by atoms with Crippen LogP contribution in [0.3, 0.4) is 0 Å². The highest BCUT2D eigenvalue weighted by Crippen LogP contribution is 2.24. The Morgan fingerprint density at radius 1 is 1.35 bits per heavy atom. The van der Waals surface area contributed by atoms with Crippen LogP contribution in [0.15, 0.2) is 36.5 Å². The molecule has 0 fully saturated rings. The van der Waals surface area contributed by atoms with Crippen LogP contribution in [0.25, 0.3) is 0 Å². The third-order valence-corrected chi connectivity index (χ3v) is 3.13. The lowest BCUT2D eigenvalue weighted by Gasteiger charge is -2.14. The van der Waals surface area contributed by atoms with Gasteiger partial charge >= 0.3 is 0 Å². The summed E-state index contributed by atoms with van der Waals surface area (Å²) in [5, 5.41) is 20.3. The van der Waals surface area contributed by atoms with Gasteiger partial charge in [-0.1, -0.05) is 0 Å². The molecule has 1 aromatic heterocycles. The van der Waals surface area contributed by atoms with Gasteiger partial charge in [0.1, 0.15) is 11.6 Å². The van der Waals surface area contributed by atoms with E-state index in [1.165, 1.54) is 0 Å². The molecule has 0 radical (unpaired) electrons. The van der Waals surface area contributed by atoms with Crippen LogP contribution in [0.2, 0.25) is 0 Å². The minimum atomic E-state index is 0.0187. The van der Waals surface area contributed by atoms with Gasteiger partial charge in [-0.25, -0.2) is 4.98 Å². The molecule has 23 heavy (non-hydrogen) atoms. The van der Waals surface area contributed by atoms with E-state index in [0.717, 1.165) is 0 Å². The van der Waals surface area contributed by atoms with E-state index >= 15 is 0 Å². The van der Waals surface area contributed by atoms with Crippen LogP contribution < -0.4 is 15.8 Å². The second-order valence-electron chi connectivity index (χ2n) is 5.37. The van der Waals surface area contributed by atoms with Crippen LogP contribution in [0.5, 0.6) is 5.75 Å². The number of nitrogens with one attached hydrogen (secondary N) is 2. The van der Waals surface area contributed by atoms with Crippen molar-refractivity contribution in [1.29, 1.82) is 5.41 Å². The van der Waals surface area contributed by atoms with Crippen LogP contribution in [-0.2, 0) is 0 Å². The molecule has 0 bridgehead atoms. The largest absolute Gasteiger partial charge is 0.491 e. The van der Waals surface area contributed by atoms with E-state index in [2.05, 4.69) is 10.3 Å². The van der Waals surface area contributed by atoms with Crippen molar-refractivity contribution < 1.29 is 9.84 Å². The molecule has 0 saturated heterocycles. The molecule has 0 unspecified atom stereocenters. The zero-order valence-electron chi connectivity index (χ0n) is 13.3. The van der Waals surface area contributed by atoms with E-state index in [9.17, 15) is 0 Å². The average Bonchev–Trinajstić information content (AvgIpc) is 2.54. The normalized spacial score (nSPS) is 10.6. The van der Waals surface area contributed by atoms with E-state index in [1.54, 1.807) is 36.5 Å². The standard InChI is InChI=1S/C17H22N4O2/c1-11(2)23-13-3-4-15(18)14(10-13)17(19)12-5-6-20-16(9-12)21-7-8-22/h3-6,9-11,19,22H,7-8,18H2,1-2H3,(H,20,21). The average molecular weight is 314 g/mol. The van der Waals surface area contributed by atoms with Crippen LogP contribution in [-0.4, -0.2) is 35.1 Å². The zero-order valence-corrected chi connectivity index (χ0v) is 13.3. The van der Waals surface area contributed by atoms with Gasteiger partial charge < -0.3 is 20.9 Å². The monoisotopic (exact) mass is 314 g/mol. The molecule has 1 aromatic carbocycles. The lowest BCUT2D eigenvalue weighted by Crippen LogP contribution is -2.11. The molecule has 5 N–H and O–H groups in total. The Balaban J connectivity index is 2.29. The first-order valence-electron chi connectivity index (χ1n) is 7.47. The van der Waals surface area contributed by atoms with Gasteiger partial charge in [-0.05, 0) is 44.2 Å². The number of ether oxygens (including phenoxy) is 1. The summed E-state index contributed by atoms with van der Waals surface area (Å²) in [6.07, 6.45) is 1.67. The van der Waals surface area contributed by atoms with Crippen LogP contribution in [0.4, 0.5) is 11.5 Å².